The zero-order valence-corrected chi connectivity index (χ0v) is 8.75. The van der Waals surface area contributed by atoms with Crippen LogP contribution in [0.3, 0.4) is 0 Å². The van der Waals surface area contributed by atoms with E-state index in [4.69, 9.17) is 0 Å². The molecule has 0 aromatic carbocycles. The van der Waals surface area contributed by atoms with Crippen LogP contribution in [0.25, 0.3) is 0 Å². The van der Waals surface area contributed by atoms with Crippen molar-refractivity contribution in [2.45, 2.75) is 52.5 Å². The van der Waals surface area contributed by atoms with Gasteiger partial charge in [-0.2, -0.15) is 0 Å². The highest BCUT2D eigenvalue weighted by Gasteiger charge is 2.35. The molecule has 0 saturated heterocycles. The van der Waals surface area contributed by atoms with E-state index in [2.05, 4.69) is 20.8 Å². The van der Waals surface area contributed by atoms with Crippen molar-refractivity contribution < 1.29 is 4.92 Å². The lowest BCUT2D eigenvalue weighted by atomic mass is 9.71. The minimum absolute atomic E-state index is 0.0993. The lowest BCUT2D eigenvalue weighted by Crippen LogP contribution is -2.33. The van der Waals surface area contributed by atoms with E-state index >= 15 is 0 Å². The van der Waals surface area contributed by atoms with Gasteiger partial charge in [0.1, 0.15) is 0 Å². The third-order valence-electron chi connectivity index (χ3n) is 3.17. The summed E-state index contributed by atoms with van der Waals surface area (Å²) in [5.74, 6) is 0.525. The van der Waals surface area contributed by atoms with E-state index in [1.807, 2.05) is 0 Å². The van der Waals surface area contributed by atoms with Crippen molar-refractivity contribution in [3.05, 3.63) is 10.1 Å². The van der Waals surface area contributed by atoms with Crippen molar-refractivity contribution in [3.63, 3.8) is 0 Å². The van der Waals surface area contributed by atoms with E-state index in [0.717, 1.165) is 25.7 Å². The molecule has 0 aromatic rings. The second-order valence-corrected chi connectivity index (χ2v) is 5.17. The molecule has 0 heterocycles. The van der Waals surface area contributed by atoms with Crippen LogP contribution in [-0.4, -0.2) is 11.0 Å². The standard InChI is InChI=1S/C10H19NO2/c1-10(2,3)8-5-4-6-9(7-8)11(12)13/h8-9H,4-7H2,1-3H3. The van der Waals surface area contributed by atoms with Crippen molar-refractivity contribution >= 4 is 0 Å². The van der Waals surface area contributed by atoms with E-state index in [9.17, 15) is 10.1 Å². The largest absolute Gasteiger partial charge is 0.264 e. The summed E-state index contributed by atoms with van der Waals surface area (Å²) >= 11 is 0. The molecule has 1 aliphatic carbocycles. The Hall–Kier alpha value is -0.600. The van der Waals surface area contributed by atoms with Crippen LogP contribution in [0.5, 0.6) is 0 Å². The molecule has 1 saturated carbocycles. The number of hydrogen-bond donors (Lipinski definition) is 0. The molecular weight excluding hydrogens is 166 g/mol. The highest BCUT2D eigenvalue weighted by Crippen LogP contribution is 2.38. The minimum Gasteiger partial charge on any atom is -0.264 e. The van der Waals surface area contributed by atoms with E-state index in [-0.39, 0.29) is 16.4 Å². The van der Waals surface area contributed by atoms with Gasteiger partial charge >= 0.3 is 0 Å². The van der Waals surface area contributed by atoms with Crippen LogP contribution in [0.15, 0.2) is 0 Å². The highest BCUT2D eigenvalue weighted by atomic mass is 16.6. The quantitative estimate of drug-likeness (QED) is 0.465. The Balaban J connectivity index is 2.57. The molecule has 0 amide bonds. The number of rotatable bonds is 1. The molecule has 0 bridgehead atoms. The normalized spacial score (nSPS) is 30.1. The van der Waals surface area contributed by atoms with Gasteiger partial charge < -0.3 is 0 Å². The topological polar surface area (TPSA) is 43.1 Å². The second kappa shape index (κ2) is 3.64. The SMILES string of the molecule is CC(C)(C)C1CCCC([N+](=O)[O-])C1. The van der Waals surface area contributed by atoms with Gasteiger partial charge in [0.15, 0.2) is 0 Å². The Morgan fingerprint density at radius 3 is 2.38 bits per heavy atom. The Labute approximate surface area is 79.7 Å². The Morgan fingerprint density at radius 1 is 1.31 bits per heavy atom. The summed E-state index contributed by atoms with van der Waals surface area (Å²) in [4.78, 5) is 10.5. The first-order valence-electron chi connectivity index (χ1n) is 5.05. The van der Waals surface area contributed by atoms with Crippen molar-refractivity contribution in [3.8, 4) is 0 Å². The molecule has 13 heavy (non-hydrogen) atoms. The molecule has 1 aliphatic rings. The summed E-state index contributed by atoms with van der Waals surface area (Å²) in [5, 5.41) is 10.6. The van der Waals surface area contributed by atoms with Gasteiger partial charge in [-0.25, -0.2) is 0 Å². The Morgan fingerprint density at radius 2 is 1.92 bits per heavy atom. The fraction of sp³-hybridized carbons (Fsp3) is 1.00. The molecule has 1 fully saturated rings. The molecule has 1 rings (SSSR count). The van der Waals surface area contributed by atoms with Gasteiger partial charge in [-0.1, -0.05) is 20.8 Å². The molecule has 0 aliphatic heterocycles. The van der Waals surface area contributed by atoms with E-state index < -0.39 is 0 Å². The summed E-state index contributed by atoms with van der Waals surface area (Å²) in [6.07, 6.45) is 3.73. The molecule has 2 unspecified atom stereocenters. The molecule has 3 nitrogen and oxygen atoms in total. The number of nitro groups is 1. The zero-order chi connectivity index (χ0) is 10.1. The van der Waals surface area contributed by atoms with Gasteiger partial charge in [0.2, 0.25) is 6.04 Å². The first-order chi connectivity index (χ1) is 5.91. The average Bonchev–Trinajstić information content (AvgIpc) is 2.03. The minimum atomic E-state index is -0.280. The summed E-state index contributed by atoms with van der Waals surface area (Å²) in [7, 11) is 0. The van der Waals surface area contributed by atoms with Crippen LogP contribution < -0.4 is 0 Å². The molecule has 3 heteroatoms. The van der Waals surface area contributed by atoms with Crippen molar-refractivity contribution in [2.75, 3.05) is 0 Å². The summed E-state index contributed by atoms with van der Waals surface area (Å²) in [5.41, 5.74) is 0.231. The van der Waals surface area contributed by atoms with Gasteiger partial charge in [0.05, 0.1) is 0 Å². The second-order valence-electron chi connectivity index (χ2n) is 5.17. The summed E-state index contributed by atoms with van der Waals surface area (Å²) in [6, 6.07) is -0.280. The van der Waals surface area contributed by atoms with Crippen molar-refractivity contribution in [1.29, 1.82) is 0 Å². The van der Waals surface area contributed by atoms with Gasteiger partial charge in [-0.15, -0.1) is 0 Å². The lowest BCUT2D eigenvalue weighted by Gasteiger charge is -2.34. The van der Waals surface area contributed by atoms with Gasteiger partial charge in [0, 0.05) is 17.8 Å². The van der Waals surface area contributed by atoms with E-state index in [0.29, 0.717) is 5.92 Å². The monoisotopic (exact) mass is 185 g/mol. The maximum atomic E-state index is 10.6. The molecule has 0 radical (unpaired) electrons. The van der Waals surface area contributed by atoms with Crippen LogP contribution in [0.4, 0.5) is 0 Å². The maximum absolute atomic E-state index is 10.6. The predicted octanol–water partition coefficient (Wildman–Crippen LogP) is 2.87. The average molecular weight is 185 g/mol. The highest BCUT2D eigenvalue weighted by molar-refractivity contribution is 4.81. The van der Waals surface area contributed by atoms with E-state index in [1.54, 1.807) is 0 Å². The van der Waals surface area contributed by atoms with Crippen LogP contribution in [-0.2, 0) is 0 Å². The molecule has 76 valence electrons. The fourth-order valence-electron chi connectivity index (χ4n) is 2.14. The smallest absolute Gasteiger partial charge is 0.213 e. The van der Waals surface area contributed by atoms with Crippen molar-refractivity contribution in [2.24, 2.45) is 11.3 Å². The van der Waals surface area contributed by atoms with Gasteiger partial charge in [0.25, 0.3) is 0 Å². The van der Waals surface area contributed by atoms with Crippen LogP contribution in [0.1, 0.15) is 46.5 Å². The third kappa shape index (κ3) is 2.68. The Kier molecular flexibility index (Phi) is 2.94. The number of hydrogen-bond acceptors (Lipinski definition) is 2. The lowest BCUT2D eigenvalue weighted by molar-refractivity contribution is -0.528. The summed E-state index contributed by atoms with van der Waals surface area (Å²) in [6.45, 7) is 6.54. The van der Waals surface area contributed by atoms with Crippen molar-refractivity contribution in [1.82, 2.24) is 0 Å². The van der Waals surface area contributed by atoms with Gasteiger partial charge in [-0.05, 0) is 24.2 Å². The molecule has 0 aromatic heterocycles. The summed E-state index contributed by atoms with van der Waals surface area (Å²) < 4.78 is 0. The first kappa shape index (κ1) is 10.5. The first-order valence-corrected chi connectivity index (χ1v) is 5.05. The fourth-order valence-corrected chi connectivity index (χ4v) is 2.14. The Bertz CT molecular complexity index is 196. The van der Waals surface area contributed by atoms with Gasteiger partial charge in [-0.3, -0.25) is 10.1 Å². The zero-order valence-electron chi connectivity index (χ0n) is 8.75. The molecule has 0 N–H and O–H groups in total. The third-order valence-corrected chi connectivity index (χ3v) is 3.17. The van der Waals surface area contributed by atoms with Crippen LogP contribution >= 0.6 is 0 Å². The molecule has 2 atom stereocenters. The molecular formula is C10H19NO2. The molecule has 0 spiro atoms. The van der Waals surface area contributed by atoms with E-state index in [1.165, 1.54) is 0 Å². The van der Waals surface area contributed by atoms with Crippen LogP contribution in [0, 0.1) is 21.4 Å². The maximum Gasteiger partial charge on any atom is 0.213 e. The van der Waals surface area contributed by atoms with Crippen LogP contribution in [0.2, 0.25) is 0 Å². The number of nitrogens with zero attached hydrogens (tertiary/aromatic N) is 1. The predicted molar refractivity (Wildman–Crippen MR) is 52.2 cm³/mol.